The largest absolute Gasteiger partial charge is 0.454 e. The molecule has 1 aliphatic rings. The van der Waals surface area contributed by atoms with Crippen molar-refractivity contribution in [3.8, 4) is 11.5 Å². The normalized spacial score (nSPS) is 12.8. The van der Waals surface area contributed by atoms with Gasteiger partial charge >= 0.3 is 0 Å². The summed E-state index contributed by atoms with van der Waals surface area (Å²) in [5, 5.41) is 2.91. The van der Waals surface area contributed by atoms with Gasteiger partial charge in [0.2, 0.25) is 12.7 Å². The number of halogens is 1. The van der Waals surface area contributed by atoms with Gasteiger partial charge in [0.15, 0.2) is 11.5 Å². The minimum atomic E-state index is -0.504. The van der Waals surface area contributed by atoms with Gasteiger partial charge in [-0.25, -0.2) is 0 Å². The van der Waals surface area contributed by atoms with Crippen molar-refractivity contribution in [1.82, 2.24) is 0 Å². The van der Waals surface area contributed by atoms with Crippen LogP contribution in [0.5, 0.6) is 11.5 Å². The van der Waals surface area contributed by atoms with Gasteiger partial charge in [0.25, 0.3) is 0 Å². The van der Waals surface area contributed by atoms with Crippen molar-refractivity contribution < 1.29 is 14.3 Å². The van der Waals surface area contributed by atoms with E-state index >= 15 is 0 Å². The topological polar surface area (TPSA) is 73.6 Å². The number of benzene rings is 1. The molecule has 0 fully saturated rings. The number of nitrogens with two attached hydrogens (primary N) is 1. The van der Waals surface area contributed by atoms with Crippen LogP contribution in [0.4, 0.5) is 5.69 Å². The van der Waals surface area contributed by atoms with Gasteiger partial charge in [-0.1, -0.05) is 13.8 Å². The molecule has 0 radical (unpaired) electrons. The molecule has 1 amide bonds. The summed E-state index contributed by atoms with van der Waals surface area (Å²) in [6, 6.07) is 5.37. The molecule has 0 saturated heterocycles. The average Bonchev–Trinajstić information content (AvgIpc) is 2.89. The molecule has 1 aromatic rings. The maximum atomic E-state index is 12.4. The zero-order chi connectivity index (χ0) is 13.9. The second-order valence-electron chi connectivity index (χ2n) is 4.71. The third-order valence-corrected chi connectivity index (χ3v) is 3.86. The number of rotatable bonds is 5. The maximum absolute atomic E-state index is 12.4. The summed E-state index contributed by atoms with van der Waals surface area (Å²) in [5.74, 6) is 1.32. The standard InChI is InChI=1S/C14H20N2O3.ClH/c1-3-14(4-2,8-15)13(17)16-10-5-6-11-12(7-10)19-9-18-11;/h5-7H,3-4,8-9,15H2,1-2H3,(H,16,17);1H. The number of ether oxygens (including phenoxy) is 2. The fourth-order valence-corrected chi connectivity index (χ4v) is 2.19. The quantitative estimate of drug-likeness (QED) is 0.876. The van der Waals surface area contributed by atoms with E-state index in [2.05, 4.69) is 5.32 Å². The zero-order valence-corrected chi connectivity index (χ0v) is 12.6. The Morgan fingerprint density at radius 2 is 1.95 bits per heavy atom. The Balaban J connectivity index is 0.00000200. The van der Waals surface area contributed by atoms with Gasteiger partial charge < -0.3 is 20.5 Å². The van der Waals surface area contributed by atoms with E-state index in [-0.39, 0.29) is 25.1 Å². The van der Waals surface area contributed by atoms with Crippen molar-refractivity contribution in [1.29, 1.82) is 0 Å². The fraction of sp³-hybridized carbons (Fsp3) is 0.500. The van der Waals surface area contributed by atoms with Crippen LogP contribution in [-0.2, 0) is 4.79 Å². The molecule has 1 heterocycles. The van der Waals surface area contributed by atoms with Crippen molar-refractivity contribution in [3.63, 3.8) is 0 Å². The Morgan fingerprint density at radius 1 is 1.30 bits per heavy atom. The van der Waals surface area contributed by atoms with Gasteiger partial charge in [-0.15, -0.1) is 12.4 Å². The average molecular weight is 301 g/mol. The Morgan fingerprint density at radius 3 is 2.55 bits per heavy atom. The molecule has 0 bridgehead atoms. The van der Waals surface area contributed by atoms with Gasteiger partial charge in [0, 0.05) is 18.3 Å². The molecule has 1 aromatic carbocycles. The van der Waals surface area contributed by atoms with E-state index < -0.39 is 5.41 Å². The third kappa shape index (κ3) is 2.99. The first-order chi connectivity index (χ1) is 9.15. The first kappa shape index (κ1) is 16.6. The lowest BCUT2D eigenvalue weighted by molar-refractivity contribution is -0.125. The van der Waals surface area contributed by atoms with Gasteiger partial charge in [0.05, 0.1) is 5.41 Å². The number of nitrogens with one attached hydrogen (secondary N) is 1. The minimum absolute atomic E-state index is 0. The molecule has 3 N–H and O–H groups in total. The SMILES string of the molecule is CCC(CC)(CN)C(=O)Nc1ccc2c(c1)OCO2.Cl. The zero-order valence-electron chi connectivity index (χ0n) is 11.8. The summed E-state index contributed by atoms with van der Waals surface area (Å²) in [4.78, 5) is 12.4. The Hall–Kier alpha value is -1.46. The lowest BCUT2D eigenvalue weighted by atomic mass is 9.81. The number of carbonyl (C=O) groups excluding carboxylic acids is 1. The summed E-state index contributed by atoms with van der Waals surface area (Å²) >= 11 is 0. The monoisotopic (exact) mass is 300 g/mol. The number of hydrogen-bond donors (Lipinski definition) is 2. The van der Waals surface area contributed by atoms with E-state index in [0.717, 1.165) is 12.8 Å². The fourth-order valence-electron chi connectivity index (χ4n) is 2.19. The van der Waals surface area contributed by atoms with E-state index in [9.17, 15) is 4.79 Å². The van der Waals surface area contributed by atoms with Gasteiger partial charge in [0.1, 0.15) is 0 Å². The molecule has 0 atom stereocenters. The predicted molar refractivity (Wildman–Crippen MR) is 80.5 cm³/mol. The van der Waals surface area contributed by atoms with Crippen LogP contribution in [0.1, 0.15) is 26.7 Å². The van der Waals surface area contributed by atoms with Crippen molar-refractivity contribution >= 4 is 24.0 Å². The predicted octanol–water partition coefficient (Wildman–Crippen LogP) is 2.54. The first-order valence-corrected chi connectivity index (χ1v) is 6.56. The summed E-state index contributed by atoms with van der Waals surface area (Å²) in [5.41, 5.74) is 5.97. The molecule has 20 heavy (non-hydrogen) atoms. The second-order valence-corrected chi connectivity index (χ2v) is 4.71. The molecule has 5 nitrogen and oxygen atoms in total. The number of carbonyl (C=O) groups is 1. The molecular formula is C14H21ClN2O3. The van der Waals surface area contributed by atoms with Crippen LogP contribution in [0.2, 0.25) is 0 Å². The molecule has 0 saturated carbocycles. The van der Waals surface area contributed by atoms with Crippen LogP contribution in [0, 0.1) is 5.41 Å². The Kier molecular flexibility index (Phi) is 5.65. The summed E-state index contributed by atoms with van der Waals surface area (Å²) in [6.45, 7) is 4.53. The summed E-state index contributed by atoms with van der Waals surface area (Å²) < 4.78 is 10.5. The van der Waals surface area contributed by atoms with E-state index in [4.69, 9.17) is 15.2 Å². The molecule has 0 aromatic heterocycles. The number of hydrogen-bond acceptors (Lipinski definition) is 4. The van der Waals surface area contributed by atoms with Crippen LogP contribution in [0.3, 0.4) is 0 Å². The smallest absolute Gasteiger partial charge is 0.231 e. The molecule has 6 heteroatoms. The van der Waals surface area contributed by atoms with Crippen LogP contribution in [0.15, 0.2) is 18.2 Å². The van der Waals surface area contributed by atoms with Gasteiger partial charge in [-0.3, -0.25) is 4.79 Å². The number of fused-ring (bicyclic) bond motifs is 1. The highest BCUT2D eigenvalue weighted by Gasteiger charge is 2.33. The molecule has 0 spiro atoms. The first-order valence-electron chi connectivity index (χ1n) is 6.56. The van der Waals surface area contributed by atoms with Crippen molar-refractivity contribution in [2.24, 2.45) is 11.1 Å². The second kappa shape index (κ2) is 6.81. The van der Waals surface area contributed by atoms with E-state index in [1.165, 1.54) is 0 Å². The molecular weight excluding hydrogens is 280 g/mol. The molecule has 2 rings (SSSR count). The number of amides is 1. The molecule has 1 aliphatic heterocycles. The highest BCUT2D eigenvalue weighted by Crippen LogP contribution is 2.35. The van der Waals surface area contributed by atoms with Gasteiger partial charge in [-0.05, 0) is 25.0 Å². The highest BCUT2D eigenvalue weighted by molar-refractivity contribution is 5.95. The molecule has 0 aliphatic carbocycles. The van der Waals surface area contributed by atoms with Crippen LogP contribution < -0.4 is 20.5 Å². The molecule has 112 valence electrons. The van der Waals surface area contributed by atoms with Crippen LogP contribution >= 0.6 is 12.4 Å². The van der Waals surface area contributed by atoms with E-state index in [0.29, 0.717) is 23.7 Å². The van der Waals surface area contributed by atoms with E-state index in [1.807, 2.05) is 13.8 Å². The van der Waals surface area contributed by atoms with Crippen molar-refractivity contribution in [2.45, 2.75) is 26.7 Å². The lowest BCUT2D eigenvalue weighted by Crippen LogP contribution is -2.41. The number of anilines is 1. The maximum Gasteiger partial charge on any atom is 0.231 e. The highest BCUT2D eigenvalue weighted by atomic mass is 35.5. The van der Waals surface area contributed by atoms with Crippen LogP contribution in [0.25, 0.3) is 0 Å². The summed E-state index contributed by atoms with van der Waals surface area (Å²) in [6.07, 6.45) is 1.44. The third-order valence-electron chi connectivity index (χ3n) is 3.86. The van der Waals surface area contributed by atoms with Crippen molar-refractivity contribution in [2.75, 3.05) is 18.7 Å². The Bertz CT molecular complexity index is 467. The lowest BCUT2D eigenvalue weighted by Gasteiger charge is -2.28. The van der Waals surface area contributed by atoms with E-state index in [1.54, 1.807) is 18.2 Å². The Labute approximate surface area is 125 Å². The molecule has 0 unspecified atom stereocenters. The van der Waals surface area contributed by atoms with Crippen molar-refractivity contribution in [3.05, 3.63) is 18.2 Å². The minimum Gasteiger partial charge on any atom is -0.454 e. The van der Waals surface area contributed by atoms with Gasteiger partial charge in [-0.2, -0.15) is 0 Å². The van der Waals surface area contributed by atoms with Crippen LogP contribution in [-0.4, -0.2) is 19.2 Å². The summed E-state index contributed by atoms with van der Waals surface area (Å²) in [7, 11) is 0.